The van der Waals surface area contributed by atoms with E-state index in [1.165, 1.54) is 48.0 Å². The summed E-state index contributed by atoms with van der Waals surface area (Å²) >= 11 is 1.79. The Kier molecular flexibility index (Phi) is 8.68. The van der Waals surface area contributed by atoms with Gasteiger partial charge >= 0.3 is 0 Å². The topological polar surface area (TPSA) is 38.7 Å². The summed E-state index contributed by atoms with van der Waals surface area (Å²) in [6.45, 7) is 0. The van der Waals surface area contributed by atoms with E-state index in [0.717, 1.165) is 44.2 Å². The molecule has 0 bridgehead atoms. The van der Waals surface area contributed by atoms with E-state index in [4.69, 9.17) is 15.0 Å². The molecule has 0 aliphatic heterocycles. The molecule has 0 saturated heterocycles. The van der Waals surface area contributed by atoms with Crippen LogP contribution >= 0.6 is 11.3 Å². The smallest absolute Gasteiger partial charge is 0.165 e. The van der Waals surface area contributed by atoms with Gasteiger partial charge in [-0.05, 0) is 79.5 Å². The Morgan fingerprint density at radius 1 is 0.254 bits per heavy atom. The minimum absolute atomic E-state index is 0.636. The first-order chi connectivity index (χ1) is 29.2. The molecule has 0 atom stereocenters. The van der Waals surface area contributed by atoms with Crippen molar-refractivity contribution in [3.63, 3.8) is 0 Å². The summed E-state index contributed by atoms with van der Waals surface area (Å²) in [6.07, 6.45) is 0. The molecule has 9 aromatic carbocycles. The molecule has 59 heavy (non-hydrogen) atoms. The summed E-state index contributed by atoms with van der Waals surface area (Å²) in [5.41, 5.74) is 12.3. The van der Waals surface area contributed by atoms with Crippen LogP contribution < -0.4 is 0 Å². The van der Waals surface area contributed by atoms with Gasteiger partial charge in [0, 0.05) is 36.9 Å². The summed E-state index contributed by atoms with van der Waals surface area (Å²) in [5, 5.41) is 4.69. The molecule has 0 aliphatic carbocycles. The van der Waals surface area contributed by atoms with Gasteiger partial charge in [-0.25, -0.2) is 15.0 Å². The zero-order valence-electron chi connectivity index (χ0n) is 32.0. The third-order valence-corrected chi connectivity index (χ3v) is 12.4. The molecule has 0 unspecified atom stereocenters. The van der Waals surface area contributed by atoms with E-state index in [9.17, 15) is 0 Å². The maximum atomic E-state index is 5.31. The minimum Gasteiger partial charge on any atom is -0.208 e. The van der Waals surface area contributed by atoms with Crippen molar-refractivity contribution in [2.45, 2.75) is 0 Å². The van der Waals surface area contributed by atoms with Gasteiger partial charge in [-0.2, -0.15) is 0 Å². The Labute approximate surface area is 346 Å². The molecule has 11 aromatic rings. The summed E-state index contributed by atoms with van der Waals surface area (Å²) in [7, 11) is 0. The van der Waals surface area contributed by atoms with Gasteiger partial charge in [0.15, 0.2) is 17.5 Å². The number of benzene rings is 9. The second kappa shape index (κ2) is 14.8. The molecule has 0 spiro atoms. The molecule has 11 rings (SSSR count). The van der Waals surface area contributed by atoms with E-state index < -0.39 is 0 Å². The Bertz CT molecular complexity index is 3300. The first-order valence-corrected chi connectivity index (χ1v) is 20.7. The highest BCUT2D eigenvalue weighted by atomic mass is 32.1. The number of rotatable bonds is 7. The number of aromatic nitrogens is 3. The normalized spacial score (nSPS) is 11.4. The van der Waals surface area contributed by atoms with E-state index in [2.05, 4.69) is 212 Å². The van der Waals surface area contributed by atoms with Crippen molar-refractivity contribution in [2.24, 2.45) is 0 Å². The summed E-state index contributed by atoms with van der Waals surface area (Å²) in [5.74, 6) is 1.94. The molecule has 0 saturated carbocycles. The highest BCUT2D eigenvalue weighted by molar-refractivity contribution is 7.26. The van der Waals surface area contributed by atoms with Crippen LogP contribution in [0.15, 0.2) is 212 Å². The fourth-order valence-corrected chi connectivity index (χ4v) is 9.42. The van der Waals surface area contributed by atoms with E-state index >= 15 is 0 Å². The molecule has 4 heteroatoms. The number of fused-ring (bicyclic) bond motifs is 4. The summed E-state index contributed by atoms with van der Waals surface area (Å²) < 4.78 is 2.42. The van der Waals surface area contributed by atoms with Gasteiger partial charge < -0.3 is 0 Å². The van der Waals surface area contributed by atoms with Crippen molar-refractivity contribution < 1.29 is 0 Å². The third kappa shape index (κ3) is 6.46. The number of hydrogen-bond donors (Lipinski definition) is 0. The fraction of sp³-hybridized carbons (Fsp3) is 0. The second-order valence-electron chi connectivity index (χ2n) is 14.8. The van der Waals surface area contributed by atoms with Crippen molar-refractivity contribution in [1.82, 2.24) is 15.0 Å². The third-order valence-electron chi connectivity index (χ3n) is 11.2. The lowest BCUT2D eigenvalue weighted by Gasteiger charge is -2.14. The first-order valence-electron chi connectivity index (χ1n) is 19.8. The summed E-state index contributed by atoms with van der Waals surface area (Å²) in [4.78, 5) is 15.8. The quantitative estimate of drug-likeness (QED) is 0.162. The van der Waals surface area contributed by atoms with Crippen molar-refractivity contribution >= 4 is 42.3 Å². The Morgan fingerprint density at radius 3 is 1.39 bits per heavy atom. The number of hydrogen-bond acceptors (Lipinski definition) is 4. The van der Waals surface area contributed by atoms with E-state index in [1.54, 1.807) is 11.3 Å². The maximum absolute atomic E-state index is 5.31. The zero-order chi connectivity index (χ0) is 39.1. The van der Waals surface area contributed by atoms with Gasteiger partial charge in [0.05, 0.1) is 0 Å². The highest BCUT2D eigenvalue weighted by Crippen LogP contribution is 2.41. The molecule has 0 amide bonds. The van der Waals surface area contributed by atoms with Crippen molar-refractivity contribution in [2.75, 3.05) is 0 Å². The fourth-order valence-electron chi connectivity index (χ4n) is 8.21. The van der Waals surface area contributed by atoms with Crippen LogP contribution in [-0.2, 0) is 0 Å². The standard InChI is InChI=1S/C55H35N3S/c1-3-13-36(14-4-1)38-25-29-40(30-26-38)44-33-34-49(46-20-8-7-19-45(44)46)54-56-53(57-55(58-54)50-23-12-22-48-47-21-9-10-24-51(47)59-52(48)50)41-31-27-39(28-32-41)43-18-11-17-42(35-43)37-15-5-2-6-16-37/h1-35H. The van der Waals surface area contributed by atoms with Crippen LogP contribution in [0, 0.1) is 0 Å². The van der Waals surface area contributed by atoms with Crippen molar-refractivity contribution in [1.29, 1.82) is 0 Å². The predicted octanol–water partition coefficient (Wildman–Crippen LogP) is 15.1. The van der Waals surface area contributed by atoms with Crippen LogP contribution in [0.4, 0.5) is 0 Å². The highest BCUT2D eigenvalue weighted by Gasteiger charge is 2.19. The lowest BCUT2D eigenvalue weighted by molar-refractivity contribution is 1.08. The van der Waals surface area contributed by atoms with E-state index in [-0.39, 0.29) is 0 Å². The van der Waals surface area contributed by atoms with Gasteiger partial charge in [0.1, 0.15) is 0 Å². The van der Waals surface area contributed by atoms with Crippen LogP contribution in [0.1, 0.15) is 0 Å². The second-order valence-corrected chi connectivity index (χ2v) is 15.8. The van der Waals surface area contributed by atoms with Crippen LogP contribution in [-0.4, -0.2) is 15.0 Å². The minimum atomic E-state index is 0.636. The lowest BCUT2D eigenvalue weighted by atomic mass is 9.93. The van der Waals surface area contributed by atoms with Crippen LogP contribution in [0.25, 0.3) is 110 Å². The van der Waals surface area contributed by atoms with Gasteiger partial charge in [-0.3, -0.25) is 0 Å². The Balaban J connectivity index is 1.04. The van der Waals surface area contributed by atoms with E-state index in [1.807, 2.05) is 0 Å². The molecule has 0 fully saturated rings. The number of thiophene rings is 1. The first kappa shape index (κ1) is 34.7. The van der Waals surface area contributed by atoms with Crippen LogP contribution in [0.2, 0.25) is 0 Å². The zero-order valence-corrected chi connectivity index (χ0v) is 32.8. The predicted molar refractivity (Wildman–Crippen MR) is 248 cm³/mol. The van der Waals surface area contributed by atoms with Crippen molar-refractivity contribution in [3.05, 3.63) is 212 Å². The average molecular weight is 770 g/mol. The van der Waals surface area contributed by atoms with Gasteiger partial charge in [-0.1, -0.05) is 188 Å². The molecule has 0 radical (unpaired) electrons. The molecular formula is C55H35N3S. The van der Waals surface area contributed by atoms with Crippen LogP contribution in [0.3, 0.4) is 0 Å². The average Bonchev–Trinajstić information content (AvgIpc) is 3.71. The van der Waals surface area contributed by atoms with E-state index in [0.29, 0.717) is 17.5 Å². The van der Waals surface area contributed by atoms with Gasteiger partial charge in [0.25, 0.3) is 0 Å². The number of nitrogens with zero attached hydrogens (tertiary/aromatic N) is 3. The molecule has 276 valence electrons. The largest absolute Gasteiger partial charge is 0.208 e. The molecule has 0 N–H and O–H groups in total. The molecule has 3 nitrogen and oxygen atoms in total. The monoisotopic (exact) mass is 769 g/mol. The van der Waals surface area contributed by atoms with Gasteiger partial charge in [-0.15, -0.1) is 11.3 Å². The van der Waals surface area contributed by atoms with Crippen LogP contribution in [0.5, 0.6) is 0 Å². The SMILES string of the molecule is c1ccc(-c2ccc(-c3ccc(-c4nc(-c5ccc(-c6cccc(-c7ccccc7)c6)cc5)nc(-c5cccc6c5sc5ccccc56)n4)c4ccccc34)cc2)cc1. The Hall–Kier alpha value is -7.53. The molecule has 2 heterocycles. The van der Waals surface area contributed by atoms with Gasteiger partial charge in [0.2, 0.25) is 0 Å². The molecular weight excluding hydrogens is 735 g/mol. The molecule has 0 aliphatic rings. The van der Waals surface area contributed by atoms with Crippen molar-refractivity contribution in [3.8, 4) is 78.7 Å². The maximum Gasteiger partial charge on any atom is 0.165 e. The molecule has 2 aromatic heterocycles. The lowest BCUT2D eigenvalue weighted by Crippen LogP contribution is -2.01. The Morgan fingerprint density at radius 2 is 0.695 bits per heavy atom. The summed E-state index contributed by atoms with van der Waals surface area (Å²) in [6, 6.07) is 75.2.